The van der Waals surface area contributed by atoms with Gasteiger partial charge in [-0.3, -0.25) is 0 Å². The number of hydrogen-bond acceptors (Lipinski definition) is 2. The molecule has 2 aliphatic heterocycles. The summed E-state index contributed by atoms with van der Waals surface area (Å²) in [5, 5.41) is 0. The second-order valence-corrected chi connectivity index (χ2v) is 11.8. The van der Waals surface area contributed by atoms with Crippen molar-refractivity contribution in [2.75, 3.05) is 9.80 Å². The van der Waals surface area contributed by atoms with Gasteiger partial charge in [-0.05, 0) is 71.3 Å². The van der Waals surface area contributed by atoms with Crippen LogP contribution in [0, 0.1) is 0 Å². The second-order valence-electron chi connectivity index (χ2n) is 11.8. The summed E-state index contributed by atoms with van der Waals surface area (Å²) in [4.78, 5) is 3.56. The van der Waals surface area contributed by atoms with Gasteiger partial charge in [0.25, 0.3) is 0 Å². The number of benzene rings is 5. The highest BCUT2D eigenvalue weighted by Gasteiger charge is 2.40. The highest BCUT2D eigenvalue weighted by atomic mass is 19.4. The van der Waals surface area contributed by atoms with Gasteiger partial charge in [-0.15, -0.1) is 0 Å². The van der Waals surface area contributed by atoms with Gasteiger partial charge in [0, 0.05) is 27.9 Å². The SMILES string of the molecule is C=C1c2ccccc2N(c2cccc(N3c4ccccc4C(C)(C)c4ccc(C(F)(F)F)cc43)c2)c2cc(C(F)(F)F)ccc21. The lowest BCUT2D eigenvalue weighted by Gasteiger charge is -2.42. The van der Waals surface area contributed by atoms with E-state index in [0.29, 0.717) is 39.6 Å². The number of fused-ring (bicyclic) bond motifs is 4. The molecular formula is C37H26F6N2. The van der Waals surface area contributed by atoms with Crippen molar-refractivity contribution in [3.63, 3.8) is 0 Å². The molecule has 8 heteroatoms. The fourth-order valence-corrected chi connectivity index (χ4v) is 6.57. The highest BCUT2D eigenvalue weighted by Crippen LogP contribution is 2.54. The molecule has 0 saturated heterocycles. The molecule has 7 rings (SSSR count). The third-order valence-electron chi connectivity index (χ3n) is 8.76. The molecule has 0 aromatic heterocycles. The average Bonchev–Trinajstić information content (AvgIpc) is 3.00. The van der Waals surface area contributed by atoms with E-state index in [1.807, 2.05) is 56.3 Å². The molecule has 0 unspecified atom stereocenters. The predicted molar refractivity (Wildman–Crippen MR) is 166 cm³/mol. The van der Waals surface area contributed by atoms with E-state index in [2.05, 4.69) is 6.58 Å². The van der Waals surface area contributed by atoms with E-state index in [-0.39, 0.29) is 0 Å². The Kier molecular flexibility index (Phi) is 6.24. The minimum absolute atomic E-state index is 0.311. The van der Waals surface area contributed by atoms with Crippen molar-refractivity contribution in [3.05, 3.63) is 149 Å². The normalized spacial score (nSPS) is 15.2. The van der Waals surface area contributed by atoms with Gasteiger partial charge in [0.2, 0.25) is 0 Å². The van der Waals surface area contributed by atoms with Gasteiger partial charge in [0.1, 0.15) is 0 Å². The Bertz CT molecular complexity index is 2000. The number of alkyl halides is 6. The zero-order valence-corrected chi connectivity index (χ0v) is 24.3. The first-order valence-corrected chi connectivity index (χ1v) is 14.3. The maximum absolute atomic E-state index is 14.0. The van der Waals surface area contributed by atoms with E-state index in [1.54, 1.807) is 40.1 Å². The topological polar surface area (TPSA) is 6.48 Å². The molecule has 0 amide bonds. The largest absolute Gasteiger partial charge is 0.416 e. The van der Waals surface area contributed by atoms with E-state index in [0.717, 1.165) is 40.6 Å². The number of hydrogen-bond donors (Lipinski definition) is 0. The van der Waals surface area contributed by atoms with Crippen molar-refractivity contribution in [1.82, 2.24) is 0 Å². The molecule has 5 aromatic carbocycles. The first-order valence-electron chi connectivity index (χ1n) is 14.3. The molecule has 5 aromatic rings. The van der Waals surface area contributed by atoms with Crippen LogP contribution in [0.15, 0.2) is 116 Å². The first-order chi connectivity index (χ1) is 21.3. The van der Waals surface area contributed by atoms with Crippen LogP contribution >= 0.6 is 0 Å². The second kappa shape index (κ2) is 9.76. The summed E-state index contributed by atoms with van der Waals surface area (Å²) in [6.45, 7) is 8.16. The van der Waals surface area contributed by atoms with Crippen molar-refractivity contribution in [3.8, 4) is 0 Å². The van der Waals surface area contributed by atoms with E-state index in [1.165, 1.54) is 18.2 Å². The molecule has 0 aliphatic carbocycles. The van der Waals surface area contributed by atoms with Gasteiger partial charge >= 0.3 is 12.4 Å². The number of nitrogens with zero attached hydrogens (tertiary/aromatic N) is 2. The lowest BCUT2D eigenvalue weighted by Crippen LogP contribution is -2.31. The van der Waals surface area contributed by atoms with Crippen LogP contribution in [0.2, 0.25) is 0 Å². The van der Waals surface area contributed by atoms with Crippen LogP contribution in [0.3, 0.4) is 0 Å². The van der Waals surface area contributed by atoms with E-state index >= 15 is 0 Å². The number of halogens is 6. The molecule has 0 spiro atoms. The minimum atomic E-state index is -4.56. The monoisotopic (exact) mass is 612 g/mol. The zero-order valence-electron chi connectivity index (χ0n) is 24.3. The lowest BCUT2D eigenvalue weighted by atomic mass is 9.73. The highest BCUT2D eigenvalue weighted by molar-refractivity contribution is 6.01. The summed E-state index contributed by atoms with van der Waals surface area (Å²) in [5.74, 6) is 0. The Morgan fingerprint density at radius 3 is 1.69 bits per heavy atom. The summed E-state index contributed by atoms with van der Waals surface area (Å²) in [6.07, 6.45) is -9.12. The van der Waals surface area contributed by atoms with Crippen LogP contribution in [-0.4, -0.2) is 0 Å². The Labute approximate surface area is 256 Å². The van der Waals surface area contributed by atoms with Crippen LogP contribution in [0.4, 0.5) is 60.5 Å². The molecule has 2 nitrogen and oxygen atoms in total. The number of rotatable bonds is 2. The quantitative estimate of drug-likeness (QED) is 0.180. The molecule has 2 aliphatic rings. The fourth-order valence-electron chi connectivity index (χ4n) is 6.57. The summed E-state index contributed by atoms with van der Waals surface area (Å²) < 4.78 is 83.8. The third-order valence-corrected chi connectivity index (χ3v) is 8.76. The summed E-state index contributed by atoms with van der Waals surface area (Å²) in [5.41, 5.74) is 4.58. The van der Waals surface area contributed by atoms with Crippen molar-refractivity contribution in [1.29, 1.82) is 0 Å². The van der Waals surface area contributed by atoms with Crippen LogP contribution in [0.1, 0.15) is 47.2 Å². The van der Waals surface area contributed by atoms with Gasteiger partial charge in [-0.25, -0.2) is 0 Å². The van der Waals surface area contributed by atoms with Gasteiger partial charge in [-0.2, -0.15) is 26.3 Å². The van der Waals surface area contributed by atoms with Gasteiger partial charge in [-0.1, -0.05) is 75.0 Å². The molecule has 2 heterocycles. The molecule has 0 bridgehead atoms. The minimum Gasteiger partial charge on any atom is -0.310 e. The number of anilines is 6. The maximum Gasteiger partial charge on any atom is 0.416 e. The predicted octanol–water partition coefficient (Wildman–Crippen LogP) is 11.7. The average molecular weight is 613 g/mol. The van der Waals surface area contributed by atoms with Crippen LogP contribution in [0.5, 0.6) is 0 Å². The fraction of sp³-hybridized carbons (Fsp3) is 0.135. The molecule has 0 radical (unpaired) electrons. The van der Waals surface area contributed by atoms with E-state index in [4.69, 9.17) is 0 Å². The Morgan fingerprint density at radius 1 is 0.511 bits per heavy atom. The van der Waals surface area contributed by atoms with Crippen molar-refractivity contribution < 1.29 is 26.3 Å². The summed E-state index contributed by atoms with van der Waals surface area (Å²) >= 11 is 0. The standard InChI is InChI=1S/C37H26F6N2/c1-22-27-11-4-6-13-31(27)44(33-19-23(36(38,39)40)15-17-28(22)33)25-9-8-10-26(21-25)45-32-14-7-5-12-29(32)35(2,3)30-18-16-24(20-34(30)45)37(41,42)43/h4-21H,1H2,2-3H3. The van der Waals surface area contributed by atoms with E-state index in [9.17, 15) is 26.3 Å². The molecule has 45 heavy (non-hydrogen) atoms. The maximum atomic E-state index is 14.0. The van der Waals surface area contributed by atoms with E-state index < -0.39 is 28.9 Å². The lowest BCUT2D eigenvalue weighted by molar-refractivity contribution is -0.138. The Balaban J connectivity index is 1.46. The van der Waals surface area contributed by atoms with Crippen molar-refractivity contribution in [2.45, 2.75) is 31.6 Å². The van der Waals surface area contributed by atoms with Crippen LogP contribution in [-0.2, 0) is 17.8 Å². The smallest absolute Gasteiger partial charge is 0.310 e. The number of para-hydroxylation sites is 2. The molecule has 0 atom stereocenters. The van der Waals surface area contributed by atoms with Gasteiger partial charge in [0.15, 0.2) is 0 Å². The Morgan fingerprint density at radius 2 is 1.02 bits per heavy atom. The summed E-state index contributed by atoms with van der Waals surface area (Å²) in [6, 6.07) is 29.5. The van der Waals surface area contributed by atoms with Crippen molar-refractivity contribution >= 4 is 39.7 Å². The molecule has 226 valence electrons. The van der Waals surface area contributed by atoms with Crippen LogP contribution < -0.4 is 9.80 Å². The Hall–Kier alpha value is -4.98. The van der Waals surface area contributed by atoms with Gasteiger partial charge < -0.3 is 9.80 Å². The zero-order chi connectivity index (χ0) is 31.9. The molecule has 0 saturated carbocycles. The molecule has 0 N–H and O–H groups in total. The first kappa shape index (κ1) is 28.8. The molecular weight excluding hydrogens is 586 g/mol. The third kappa shape index (κ3) is 4.50. The van der Waals surface area contributed by atoms with Crippen molar-refractivity contribution in [2.24, 2.45) is 0 Å². The van der Waals surface area contributed by atoms with Gasteiger partial charge in [0.05, 0.1) is 33.9 Å². The molecule has 0 fully saturated rings. The summed E-state index contributed by atoms with van der Waals surface area (Å²) in [7, 11) is 0. The van der Waals surface area contributed by atoms with Crippen LogP contribution in [0.25, 0.3) is 5.57 Å².